The molecule has 0 spiro atoms. The van der Waals surface area contributed by atoms with Crippen molar-refractivity contribution in [3.63, 3.8) is 0 Å². The zero-order valence-electron chi connectivity index (χ0n) is 20.7. The molecule has 0 radical (unpaired) electrons. The van der Waals surface area contributed by atoms with E-state index in [-0.39, 0.29) is 6.09 Å². The normalized spacial score (nSPS) is 11.4. The first-order chi connectivity index (χ1) is 16.3. The van der Waals surface area contributed by atoms with E-state index in [0.29, 0.717) is 25.9 Å². The molecule has 0 bridgehead atoms. The van der Waals surface area contributed by atoms with Gasteiger partial charge >= 0.3 is 6.09 Å². The van der Waals surface area contributed by atoms with Gasteiger partial charge in [-0.05, 0) is 57.7 Å². The minimum atomic E-state index is -0.563. The first kappa shape index (κ1) is 25.3. The zero-order valence-corrected chi connectivity index (χ0v) is 20.7. The van der Waals surface area contributed by atoms with Crippen LogP contribution in [-0.4, -0.2) is 48.1 Å². The molecule has 34 heavy (non-hydrogen) atoms. The van der Waals surface area contributed by atoms with Crippen LogP contribution in [0.2, 0.25) is 0 Å². The highest BCUT2D eigenvalue weighted by Crippen LogP contribution is 2.35. The molecular formula is C28H36N2O4. The summed E-state index contributed by atoms with van der Waals surface area (Å²) in [6.07, 6.45) is 6.41. The van der Waals surface area contributed by atoms with Crippen molar-refractivity contribution in [2.24, 2.45) is 0 Å². The number of hydrogen-bond donors (Lipinski definition) is 1. The topological polar surface area (TPSA) is 71.6 Å². The summed E-state index contributed by atoms with van der Waals surface area (Å²) in [4.78, 5) is 28.7. The fraction of sp³-hybridized carbons (Fsp3) is 0.429. The number of rotatable bonds is 11. The molecule has 3 rings (SSSR count). The van der Waals surface area contributed by atoms with Gasteiger partial charge in [-0.1, -0.05) is 36.8 Å². The van der Waals surface area contributed by atoms with Crippen molar-refractivity contribution in [3.8, 4) is 16.9 Å². The SMILES string of the molecule is COc1cccc(-c2c[nH]c3ccccc23)c1CCN(CCCCCC=O)C(=O)OC(C)(C)C. The zero-order chi connectivity index (χ0) is 24.6. The van der Waals surface area contributed by atoms with E-state index in [1.807, 2.05) is 51.2 Å². The van der Waals surface area contributed by atoms with Crippen molar-refractivity contribution in [2.75, 3.05) is 20.2 Å². The Kier molecular flexibility index (Phi) is 8.74. The van der Waals surface area contributed by atoms with Gasteiger partial charge in [0.15, 0.2) is 0 Å². The molecule has 182 valence electrons. The van der Waals surface area contributed by atoms with Crippen LogP contribution in [0.15, 0.2) is 48.7 Å². The smallest absolute Gasteiger partial charge is 0.410 e. The van der Waals surface area contributed by atoms with E-state index in [4.69, 9.17) is 9.47 Å². The lowest BCUT2D eigenvalue weighted by Gasteiger charge is -2.28. The van der Waals surface area contributed by atoms with Gasteiger partial charge in [0.05, 0.1) is 7.11 Å². The summed E-state index contributed by atoms with van der Waals surface area (Å²) in [7, 11) is 1.68. The largest absolute Gasteiger partial charge is 0.496 e. The molecule has 0 aliphatic heterocycles. The molecule has 0 fully saturated rings. The number of fused-ring (bicyclic) bond motifs is 1. The standard InChI is InChI=1S/C28H36N2O4/c1-28(2,3)34-27(32)30(17-9-5-6-10-19-31)18-16-23-21(13-11-15-26(23)33-4)24-20-29-25-14-8-7-12-22(24)25/h7-8,11-15,19-20,29H,5-6,9-10,16-18H2,1-4H3. The van der Waals surface area contributed by atoms with Crippen molar-refractivity contribution < 1.29 is 19.1 Å². The molecule has 0 saturated heterocycles. The first-order valence-corrected chi connectivity index (χ1v) is 12.0. The molecule has 6 nitrogen and oxygen atoms in total. The van der Waals surface area contributed by atoms with Gasteiger partial charge < -0.3 is 24.2 Å². The van der Waals surface area contributed by atoms with Gasteiger partial charge in [-0.3, -0.25) is 0 Å². The Morgan fingerprint density at radius 1 is 1.00 bits per heavy atom. The lowest BCUT2D eigenvalue weighted by atomic mass is 9.96. The predicted octanol–water partition coefficient (Wildman–Crippen LogP) is 6.38. The number of carbonyl (C=O) groups is 2. The van der Waals surface area contributed by atoms with Crippen LogP contribution in [0.5, 0.6) is 5.75 Å². The maximum Gasteiger partial charge on any atom is 0.410 e. The van der Waals surface area contributed by atoms with E-state index in [0.717, 1.165) is 58.9 Å². The van der Waals surface area contributed by atoms with Gasteiger partial charge in [0, 0.05) is 47.7 Å². The summed E-state index contributed by atoms with van der Waals surface area (Å²) in [5.74, 6) is 0.804. The van der Waals surface area contributed by atoms with Gasteiger partial charge in [-0.25, -0.2) is 4.79 Å². The summed E-state index contributed by atoms with van der Waals surface area (Å²) in [6.45, 7) is 6.73. The summed E-state index contributed by atoms with van der Waals surface area (Å²) in [5, 5.41) is 1.15. The number of benzene rings is 2. The molecule has 0 saturated carbocycles. The van der Waals surface area contributed by atoms with Crippen molar-refractivity contribution >= 4 is 23.3 Å². The molecule has 0 aliphatic carbocycles. The lowest BCUT2D eigenvalue weighted by Crippen LogP contribution is -2.38. The molecular weight excluding hydrogens is 428 g/mol. The number of aldehydes is 1. The van der Waals surface area contributed by atoms with Gasteiger partial charge in [0.25, 0.3) is 0 Å². The Balaban J connectivity index is 1.84. The van der Waals surface area contributed by atoms with Crippen LogP contribution in [0.4, 0.5) is 4.79 Å². The number of amides is 1. The van der Waals surface area contributed by atoms with Crippen molar-refractivity contribution in [3.05, 3.63) is 54.2 Å². The third-order valence-electron chi connectivity index (χ3n) is 5.77. The van der Waals surface area contributed by atoms with Crippen LogP contribution in [0.1, 0.15) is 52.0 Å². The number of methoxy groups -OCH3 is 1. The maximum atomic E-state index is 13.0. The maximum absolute atomic E-state index is 13.0. The third-order valence-corrected chi connectivity index (χ3v) is 5.77. The molecule has 1 amide bonds. The van der Waals surface area contributed by atoms with Gasteiger partial charge in [0.1, 0.15) is 17.6 Å². The molecule has 0 aliphatic rings. The number of aromatic amines is 1. The summed E-state index contributed by atoms with van der Waals surface area (Å²) in [6, 6.07) is 14.3. The Labute approximate surface area is 202 Å². The van der Waals surface area contributed by atoms with E-state index in [9.17, 15) is 9.59 Å². The van der Waals surface area contributed by atoms with E-state index in [1.54, 1.807) is 12.0 Å². The second kappa shape index (κ2) is 11.7. The Hall–Kier alpha value is -3.28. The van der Waals surface area contributed by atoms with E-state index in [1.165, 1.54) is 0 Å². The second-order valence-electron chi connectivity index (χ2n) is 9.47. The van der Waals surface area contributed by atoms with E-state index >= 15 is 0 Å². The second-order valence-corrected chi connectivity index (χ2v) is 9.47. The van der Waals surface area contributed by atoms with E-state index in [2.05, 4.69) is 23.2 Å². The van der Waals surface area contributed by atoms with Crippen LogP contribution in [-0.2, 0) is 16.0 Å². The Morgan fingerprint density at radius 2 is 1.79 bits per heavy atom. The predicted molar refractivity (Wildman–Crippen MR) is 136 cm³/mol. The monoisotopic (exact) mass is 464 g/mol. The average molecular weight is 465 g/mol. The number of nitrogens with one attached hydrogen (secondary N) is 1. The molecule has 2 aromatic carbocycles. The highest BCUT2D eigenvalue weighted by Gasteiger charge is 2.23. The molecule has 0 unspecified atom stereocenters. The minimum Gasteiger partial charge on any atom is -0.496 e. The average Bonchev–Trinajstić information content (AvgIpc) is 3.23. The van der Waals surface area contributed by atoms with Gasteiger partial charge in [-0.2, -0.15) is 0 Å². The van der Waals surface area contributed by atoms with Crippen LogP contribution in [0.3, 0.4) is 0 Å². The number of ether oxygens (including phenoxy) is 2. The van der Waals surface area contributed by atoms with Crippen LogP contribution < -0.4 is 4.74 Å². The fourth-order valence-corrected chi connectivity index (χ4v) is 4.14. The van der Waals surface area contributed by atoms with Crippen molar-refractivity contribution in [2.45, 2.75) is 58.5 Å². The Bertz CT molecular complexity index is 1100. The molecule has 3 aromatic rings. The van der Waals surface area contributed by atoms with Crippen LogP contribution in [0, 0.1) is 0 Å². The van der Waals surface area contributed by atoms with E-state index < -0.39 is 5.60 Å². The van der Waals surface area contributed by atoms with Crippen LogP contribution >= 0.6 is 0 Å². The first-order valence-electron chi connectivity index (χ1n) is 12.0. The number of nitrogens with zero attached hydrogens (tertiary/aromatic N) is 1. The summed E-state index contributed by atoms with van der Waals surface area (Å²) in [5.41, 5.74) is 3.78. The van der Waals surface area contributed by atoms with Gasteiger partial charge in [0.2, 0.25) is 0 Å². The number of unbranched alkanes of at least 4 members (excludes halogenated alkanes) is 3. The number of para-hydroxylation sites is 1. The lowest BCUT2D eigenvalue weighted by molar-refractivity contribution is -0.107. The number of aromatic nitrogens is 1. The van der Waals surface area contributed by atoms with Crippen LogP contribution in [0.25, 0.3) is 22.0 Å². The highest BCUT2D eigenvalue weighted by molar-refractivity contribution is 5.96. The minimum absolute atomic E-state index is 0.313. The van der Waals surface area contributed by atoms with Crippen molar-refractivity contribution in [1.82, 2.24) is 9.88 Å². The number of carbonyl (C=O) groups excluding carboxylic acids is 2. The molecule has 1 heterocycles. The summed E-state index contributed by atoms with van der Waals surface area (Å²) < 4.78 is 11.4. The molecule has 1 N–H and O–H groups in total. The fourth-order valence-electron chi connectivity index (χ4n) is 4.14. The summed E-state index contributed by atoms with van der Waals surface area (Å²) >= 11 is 0. The number of hydrogen-bond acceptors (Lipinski definition) is 4. The quantitative estimate of drug-likeness (QED) is 0.264. The Morgan fingerprint density at radius 3 is 2.53 bits per heavy atom. The third kappa shape index (κ3) is 6.62. The molecule has 0 atom stereocenters. The van der Waals surface area contributed by atoms with Crippen molar-refractivity contribution in [1.29, 1.82) is 0 Å². The molecule has 6 heteroatoms. The highest BCUT2D eigenvalue weighted by atomic mass is 16.6. The number of H-pyrrole nitrogens is 1. The van der Waals surface area contributed by atoms with Gasteiger partial charge in [-0.15, -0.1) is 0 Å². The molecule has 1 aromatic heterocycles.